The van der Waals surface area contributed by atoms with Crippen molar-refractivity contribution in [2.75, 3.05) is 25.0 Å². The van der Waals surface area contributed by atoms with Gasteiger partial charge in [0.05, 0.1) is 17.1 Å². The highest BCUT2D eigenvalue weighted by Crippen LogP contribution is 2.18. The van der Waals surface area contributed by atoms with Gasteiger partial charge in [0.1, 0.15) is 0 Å². The van der Waals surface area contributed by atoms with Crippen LogP contribution in [0, 0.1) is 0 Å². The first kappa shape index (κ1) is 23.6. The van der Waals surface area contributed by atoms with Crippen molar-refractivity contribution in [3.05, 3.63) is 59.7 Å². The molecule has 2 rings (SSSR count). The van der Waals surface area contributed by atoms with E-state index in [9.17, 15) is 18.0 Å². The number of carbonyl (C=O) groups is 2. The fourth-order valence-corrected chi connectivity index (χ4v) is 4.30. The predicted octanol–water partition coefficient (Wildman–Crippen LogP) is 3.93. The van der Waals surface area contributed by atoms with Crippen LogP contribution in [0.15, 0.2) is 53.4 Å². The Hall–Kier alpha value is -2.71. The fraction of sp³-hybridized carbons (Fsp3) is 0.364. The lowest BCUT2D eigenvalue weighted by atomic mass is 10.2. The zero-order valence-electron chi connectivity index (χ0n) is 17.6. The molecule has 0 aliphatic rings. The Bertz CT molecular complexity index is 967. The topological polar surface area (TPSA) is 92.8 Å². The normalized spacial score (nSPS) is 11.3. The summed E-state index contributed by atoms with van der Waals surface area (Å²) in [5.74, 6) is -0.847. The van der Waals surface area contributed by atoms with Gasteiger partial charge in [-0.2, -0.15) is 4.31 Å². The average molecular weight is 433 g/mol. The lowest BCUT2D eigenvalue weighted by molar-refractivity contribution is 0.0499. The molecule has 2 aromatic rings. The van der Waals surface area contributed by atoms with Crippen molar-refractivity contribution in [2.45, 2.75) is 38.5 Å². The van der Waals surface area contributed by atoms with Gasteiger partial charge in [-0.15, -0.1) is 0 Å². The van der Waals surface area contributed by atoms with Gasteiger partial charge in [-0.1, -0.05) is 33.3 Å². The molecule has 0 aliphatic heterocycles. The van der Waals surface area contributed by atoms with Gasteiger partial charge in [0.25, 0.3) is 5.91 Å². The summed E-state index contributed by atoms with van der Waals surface area (Å²) < 4.78 is 31.8. The first-order valence-electron chi connectivity index (χ1n) is 10.0. The van der Waals surface area contributed by atoms with E-state index in [1.165, 1.54) is 16.4 Å². The van der Waals surface area contributed by atoms with Crippen molar-refractivity contribution in [2.24, 2.45) is 0 Å². The molecular weight excluding hydrogens is 404 g/mol. The molecule has 0 aromatic heterocycles. The summed E-state index contributed by atoms with van der Waals surface area (Å²) in [4.78, 5) is 24.6. The zero-order valence-corrected chi connectivity index (χ0v) is 18.4. The van der Waals surface area contributed by atoms with Crippen molar-refractivity contribution in [3.8, 4) is 0 Å². The Morgan fingerprint density at radius 3 is 2.23 bits per heavy atom. The minimum Gasteiger partial charge on any atom is -0.462 e. The summed E-state index contributed by atoms with van der Waals surface area (Å²) in [5.41, 5.74) is 1.12. The van der Waals surface area contributed by atoms with E-state index in [0.717, 1.165) is 12.8 Å². The van der Waals surface area contributed by atoms with Gasteiger partial charge in [-0.05, 0) is 48.9 Å². The molecule has 0 aliphatic carbocycles. The van der Waals surface area contributed by atoms with Gasteiger partial charge < -0.3 is 10.1 Å². The van der Waals surface area contributed by atoms with E-state index in [1.807, 2.05) is 6.92 Å². The number of nitrogens with one attached hydrogen (secondary N) is 1. The molecule has 30 heavy (non-hydrogen) atoms. The molecule has 8 heteroatoms. The SMILES string of the molecule is CCCCOC(=O)c1ccc(NC(=O)c2cccc(S(=O)(=O)N(CC)CC)c2)cc1. The highest BCUT2D eigenvalue weighted by atomic mass is 32.2. The van der Waals surface area contributed by atoms with E-state index in [4.69, 9.17) is 4.74 Å². The minimum atomic E-state index is -3.65. The number of anilines is 1. The molecule has 2 aromatic carbocycles. The molecule has 7 nitrogen and oxygen atoms in total. The molecule has 0 atom stereocenters. The second-order valence-corrected chi connectivity index (χ2v) is 8.58. The quantitative estimate of drug-likeness (QED) is 0.454. The molecule has 0 unspecified atom stereocenters. The van der Waals surface area contributed by atoms with Crippen LogP contribution in [0.3, 0.4) is 0 Å². The van der Waals surface area contributed by atoms with E-state index in [0.29, 0.717) is 30.9 Å². The van der Waals surface area contributed by atoms with Crippen LogP contribution in [0.1, 0.15) is 54.3 Å². The van der Waals surface area contributed by atoms with E-state index in [1.54, 1.807) is 50.2 Å². The van der Waals surface area contributed by atoms with Crippen LogP contribution in [-0.2, 0) is 14.8 Å². The third kappa shape index (κ3) is 5.90. The Balaban J connectivity index is 2.10. The van der Waals surface area contributed by atoms with Crippen molar-refractivity contribution >= 4 is 27.6 Å². The molecule has 0 radical (unpaired) electrons. The lowest BCUT2D eigenvalue weighted by Gasteiger charge is -2.18. The Kier molecular flexibility index (Phi) is 8.56. The number of ether oxygens (including phenoxy) is 1. The Labute approximate surface area is 178 Å². The van der Waals surface area contributed by atoms with Gasteiger partial charge >= 0.3 is 5.97 Å². The van der Waals surface area contributed by atoms with Gasteiger partial charge in [0.2, 0.25) is 10.0 Å². The monoisotopic (exact) mass is 432 g/mol. The van der Waals surface area contributed by atoms with Gasteiger partial charge in [-0.3, -0.25) is 4.79 Å². The van der Waals surface area contributed by atoms with E-state index >= 15 is 0 Å². The molecule has 162 valence electrons. The fourth-order valence-electron chi connectivity index (χ4n) is 2.80. The molecule has 1 N–H and O–H groups in total. The van der Waals surface area contributed by atoms with Crippen LogP contribution in [0.2, 0.25) is 0 Å². The number of hydrogen-bond acceptors (Lipinski definition) is 5. The predicted molar refractivity (Wildman–Crippen MR) is 116 cm³/mol. The van der Waals surface area contributed by atoms with Crippen LogP contribution in [0.25, 0.3) is 0 Å². The Morgan fingerprint density at radius 2 is 1.63 bits per heavy atom. The average Bonchev–Trinajstić information content (AvgIpc) is 2.75. The van der Waals surface area contributed by atoms with Crippen LogP contribution in [0.4, 0.5) is 5.69 Å². The summed E-state index contributed by atoms with van der Waals surface area (Å²) in [5, 5.41) is 2.71. The first-order chi connectivity index (χ1) is 14.3. The summed E-state index contributed by atoms with van der Waals surface area (Å²) in [6.07, 6.45) is 1.75. The number of rotatable bonds is 10. The number of benzene rings is 2. The number of nitrogens with zero attached hydrogens (tertiary/aromatic N) is 1. The van der Waals surface area contributed by atoms with Crippen molar-refractivity contribution < 1.29 is 22.7 Å². The molecule has 0 heterocycles. The van der Waals surface area contributed by atoms with Crippen LogP contribution < -0.4 is 5.32 Å². The second-order valence-electron chi connectivity index (χ2n) is 6.64. The molecule has 0 spiro atoms. The van der Waals surface area contributed by atoms with Crippen LogP contribution >= 0.6 is 0 Å². The maximum Gasteiger partial charge on any atom is 0.338 e. The number of esters is 1. The summed E-state index contributed by atoms with van der Waals surface area (Å²) in [6.45, 7) is 6.62. The molecule has 0 fully saturated rings. The molecule has 0 saturated carbocycles. The van der Waals surface area contributed by atoms with E-state index in [2.05, 4.69) is 5.32 Å². The van der Waals surface area contributed by atoms with Gasteiger partial charge in [0, 0.05) is 24.3 Å². The second kappa shape index (κ2) is 10.9. The third-order valence-electron chi connectivity index (χ3n) is 4.55. The van der Waals surface area contributed by atoms with Crippen molar-refractivity contribution in [1.29, 1.82) is 0 Å². The Morgan fingerprint density at radius 1 is 0.967 bits per heavy atom. The number of hydrogen-bond donors (Lipinski definition) is 1. The number of carbonyl (C=O) groups excluding carboxylic acids is 2. The summed E-state index contributed by atoms with van der Waals surface area (Å²) >= 11 is 0. The van der Waals surface area contributed by atoms with Crippen LogP contribution in [-0.4, -0.2) is 44.3 Å². The standard InChI is InChI=1S/C22H28N2O5S/c1-4-7-15-29-22(26)17-11-13-19(14-12-17)23-21(25)18-9-8-10-20(16-18)30(27,28)24(5-2)6-3/h8-14,16H,4-7,15H2,1-3H3,(H,23,25). The molecule has 1 amide bonds. The number of sulfonamides is 1. The third-order valence-corrected chi connectivity index (χ3v) is 6.59. The smallest absolute Gasteiger partial charge is 0.338 e. The number of unbranched alkanes of at least 4 members (excludes halogenated alkanes) is 1. The number of amides is 1. The van der Waals surface area contributed by atoms with Gasteiger partial charge in [-0.25, -0.2) is 13.2 Å². The first-order valence-corrected chi connectivity index (χ1v) is 11.5. The highest BCUT2D eigenvalue weighted by molar-refractivity contribution is 7.89. The molecule has 0 saturated heterocycles. The maximum absolute atomic E-state index is 12.7. The zero-order chi connectivity index (χ0) is 22.1. The largest absolute Gasteiger partial charge is 0.462 e. The van der Waals surface area contributed by atoms with Gasteiger partial charge in [0.15, 0.2) is 0 Å². The van der Waals surface area contributed by atoms with Crippen molar-refractivity contribution in [1.82, 2.24) is 4.31 Å². The van der Waals surface area contributed by atoms with E-state index < -0.39 is 21.9 Å². The maximum atomic E-state index is 12.7. The highest BCUT2D eigenvalue weighted by Gasteiger charge is 2.22. The molecule has 0 bridgehead atoms. The van der Waals surface area contributed by atoms with E-state index in [-0.39, 0.29) is 10.5 Å². The summed E-state index contributed by atoms with van der Waals surface area (Å²) in [6, 6.07) is 12.3. The van der Waals surface area contributed by atoms with Crippen molar-refractivity contribution in [3.63, 3.8) is 0 Å². The van der Waals surface area contributed by atoms with Crippen LogP contribution in [0.5, 0.6) is 0 Å². The summed E-state index contributed by atoms with van der Waals surface area (Å²) in [7, 11) is -3.65. The lowest BCUT2D eigenvalue weighted by Crippen LogP contribution is -2.30. The minimum absolute atomic E-state index is 0.0732. The molecular formula is C22H28N2O5S.